The Morgan fingerprint density at radius 1 is 1.20 bits per heavy atom. The van der Waals surface area contributed by atoms with Crippen LogP contribution in [0, 0.1) is 11.7 Å². The molecule has 2 unspecified atom stereocenters. The number of benzene rings is 1. The molecule has 0 heterocycles. The molecule has 0 saturated heterocycles. The lowest BCUT2D eigenvalue weighted by molar-refractivity contribution is 0.622. The highest BCUT2D eigenvalue weighted by molar-refractivity contribution is 5.22. The van der Waals surface area contributed by atoms with Gasteiger partial charge < -0.3 is 0 Å². The fourth-order valence-electron chi connectivity index (χ4n) is 2.50. The molecule has 1 aromatic rings. The normalized spacial score (nSPS) is 26.3. The Labute approximate surface area is 90.8 Å². The third-order valence-electron chi connectivity index (χ3n) is 3.28. The molecule has 0 aliphatic heterocycles. The Morgan fingerprint density at radius 3 is 2.60 bits per heavy atom. The third-order valence-corrected chi connectivity index (χ3v) is 3.28. The molecule has 0 bridgehead atoms. The summed E-state index contributed by atoms with van der Waals surface area (Å²) < 4.78 is 12.8. The molecule has 0 aromatic heterocycles. The molecule has 1 fully saturated rings. The maximum Gasteiger partial charge on any atom is 0.123 e. The molecule has 2 atom stereocenters. The van der Waals surface area contributed by atoms with Crippen LogP contribution in [0.5, 0.6) is 0 Å². The molecular formula is C14H17F. The minimum atomic E-state index is -0.137. The topological polar surface area (TPSA) is 0 Å². The van der Waals surface area contributed by atoms with Gasteiger partial charge in [0.1, 0.15) is 5.82 Å². The molecule has 0 spiro atoms. The van der Waals surface area contributed by atoms with Crippen molar-refractivity contribution >= 4 is 0 Å². The van der Waals surface area contributed by atoms with E-state index >= 15 is 0 Å². The zero-order valence-electron chi connectivity index (χ0n) is 9.12. The summed E-state index contributed by atoms with van der Waals surface area (Å²) in [6.45, 7) is 2.07. The van der Waals surface area contributed by atoms with Crippen molar-refractivity contribution in [2.45, 2.75) is 32.1 Å². The van der Waals surface area contributed by atoms with Crippen molar-refractivity contribution in [3.63, 3.8) is 0 Å². The number of hydrogen-bond donors (Lipinski definition) is 0. The van der Waals surface area contributed by atoms with E-state index in [1.54, 1.807) is 12.1 Å². The number of rotatable bonds is 2. The van der Waals surface area contributed by atoms with Gasteiger partial charge in [-0.2, -0.15) is 0 Å². The molecule has 1 aliphatic carbocycles. The summed E-state index contributed by atoms with van der Waals surface area (Å²) >= 11 is 0. The molecule has 15 heavy (non-hydrogen) atoms. The zero-order valence-corrected chi connectivity index (χ0v) is 9.12. The SMILES string of the molecule is CC=CC1CCC(c2ccc(F)cc2)C1. The van der Waals surface area contributed by atoms with Crippen LogP contribution < -0.4 is 0 Å². The van der Waals surface area contributed by atoms with Crippen LogP contribution in [-0.4, -0.2) is 0 Å². The molecule has 0 nitrogen and oxygen atoms in total. The van der Waals surface area contributed by atoms with Crippen LogP contribution in [0.25, 0.3) is 0 Å². The van der Waals surface area contributed by atoms with Gasteiger partial charge in [-0.25, -0.2) is 4.39 Å². The largest absolute Gasteiger partial charge is 0.207 e. The van der Waals surface area contributed by atoms with Crippen molar-refractivity contribution in [3.8, 4) is 0 Å². The van der Waals surface area contributed by atoms with E-state index in [1.165, 1.54) is 24.8 Å². The lowest BCUT2D eigenvalue weighted by atomic mass is 9.96. The minimum Gasteiger partial charge on any atom is -0.207 e. The van der Waals surface area contributed by atoms with E-state index in [0.717, 1.165) is 5.92 Å². The van der Waals surface area contributed by atoms with Gasteiger partial charge in [0.15, 0.2) is 0 Å². The van der Waals surface area contributed by atoms with Gasteiger partial charge in [0.05, 0.1) is 0 Å². The summed E-state index contributed by atoms with van der Waals surface area (Å²) in [5.74, 6) is 1.22. The first-order chi connectivity index (χ1) is 7.29. The number of hydrogen-bond acceptors (Lipinski definition) is 0. The first kappa shape index (κ1) is 10.4. The van der Waals surface area contributed by atoms with E-state index in [0.29, 0.717) is 5.92 Å². The first-order valence-electron chi connectivity index (χ1n) is 5.68. The van der Waals surface area contributed by atoms with Gasteiger partial charge in [0, 0.05) is 0 Å². The second-order valence-corrected chi connectivity index (χ2v) is 4.35. The van der Waals surface area contributed by atoms with Crippen LogP contribution in [0.1, 0.15) is 37.7 Å². The van der Waals surface area contributed by atoms with Crippen LogP contribution in [0.4, 0.5) is 4.39 Å². The van der Waals surface area contributed by atoms with Crippen molar-refractivity contribution in [1.82, 2.24) is 0 Å². The quantitative estimate of drug-likeness (QED) is 0.630. The summed E-state index contributed by atoms with van der Waals surface area (Å²) in [6, 6.07) is 6.99. The summed E-state index contributed by atoms with van der Waals surface area (Å²) in [6.07, 6.45) is 8.16. The lowest BCUT2D eigenvalue weighted by Crippen LogP contribution is -1.93. The average Bonchev–Trinajstić information content (AvgIpc) is 2.68. The van der Waals surface area contributed by atoms with Gasteiger partial charge in [-0.3, -0.25) is 0 Å². The van der Waals surface area contributed by atoms with Gasteiger partial charge in [0.2, 0.25) is 0 Å². The van der Waals surface area contributed by atoms with Crippen LogP contribution in [0.2, 0.25) is 0 Å². The molecule has 0 N–H and O–H groups in total. The maximum atomic E-state index is 12.8. The van der Waals surface area contributed by atoms with E-state index in [1.807, 2.05) is 12.1 Å². The fourth-order valence-corrected chi connectivity index (χ4v) is 2.50. The minimum absolute atomic E-state index is 0.137. The molecule has 1 heteroatoms. The predicted octanol–water partition coefficient (Wildman–Crippen LogP) is 4.29. The molecule has 1 aromatic carbocycles. The Balaban J connectivity index is 2.04. The van der Waals surface area contributed by atoms with Crippen LogP contribution in [0.15, 0.2) is 36.4 Å². The molecule has 0 amide bonds. The summed E-state index contributed by atoms with van der Waals surface area (Å²) in [4.78, 5) is 0. The Morgan fingerprint density at radius 2 is 1.93 bits per heavy atom. The number of allylic oxidation sites excluding steroid dienone is 2. The van der Waals surface area contributed by atoms with Crippen LogP contribution in [0.3, 0.4) is 0 Å². The molecule has 1 saturated carbocycles. The van der Waals surface area contributed by atoms with E-state index in [9.17, 15) is 4.39 Å². The summed E-state index contributed by atoms with van der Waals surface area (Å²) in [5.41, 5.74) is 1.29. The summed E-state index contributed by atoms with van der Waals surface area (Å²) in [5, 5.41) is 0. The predicted molar refractivity (Wildman–Crippen MR) is 61.3 cm³/mol. The van der Waals surface area contributed by atoms with Gasteiger partial charge in [-0.15, -0.1) is 0 Å². The van der Waals surface area contributed by atoms with Gasteiger partial charge in [-0.1, -0.05) is 24.3 Å². The van der Waals surface area contributed by atoms with Crippen molar-refractivity contribution in [2.24, 2.45) is 5.92 Å². The molecule has 1 aliphatic rings. The van der Waals surface area contributed by atoms with Crippen molar-refractivity contribution in [2.75, 3.05) is 0 Å². The standard InChI is InChI=1S/C14H17F/c1-2-3-11-4-5-13(10-11)12-6-8-14(15)9-7-12/h2-3,6-9,11,13H,4-5,10H2,1H3. The van der Waals surface area contributed by atoms with Crippen LogP contribution >= 0.6 is 0 Å². The van der Waals surface area contributed by atoms with E-state index in [-0.39, 0.29) is 5.82 Å². The van der Waals surface area contributed by atoms with Gasteiger partial charge in [-0.05, 0) is 55.7 Å². The Bertz CT molecular complexity index is 337. The maximum absolute atomic E-state index is 12.8. The molecule has 80 valence electrons. The highest BCUT2D eigenvalue weighted by atomic mass is 19.1. The Kier molecular flexibility index (Phi) is 3.20. The fraction of sp³-hybridized carbons (Fsp3) is 0.429. The highest BCUT2D eigenvalue weighted by Gasteiger charge is 2.23. The molecule has 2 rings (SSSR count). The highest BCUT2D eigenvalue weighted by Crippen LogP contribution is 2.38. The van der Waals surface area contributed by atoms with Crippen LogP contribution in [-0.2, 0) is 0 Å². The second kappa shape index (κ2) is 4.61. The smallest absolute Gasteiger partial charge is 0.123 e. The average molecular weight is 204 g/mol. The second-order valence-electron chi connectivity index (χ2n) is 4.35. The molecular weight excluding hydrogens is 187 g/mol. The van der Waals surface area contributed by atoms with Crippen molar-refractivity contribution in [3.05, 3.63) is 47.8 Å². The van der Waals surface area contributed by atoms with Crippen molar-refractivity contribution in [1.29, 1.82) is 0 Å². The van der Waals surface area contributed by atoms with E-state index in [2.05, 4.69) is 19.1 Å². The Hall–Kier alpha value is -1.11. The zero-order chi connectivity index (χ0) is 10.7. The lowest BCUT2D eigenvalue weighted by Gasteiger charge is -2.09. The van der Waals surface area contributed by atoms with Gasteiger partial charge in [0.25, 0.3) is 0 Å². The monoisotopic (exact) mass is 204 g/mol. The van der Waals surface area contributed by atoms with Gasteiger partial charge >= 0.3 is 0 Å². The first-order valence-corrected chi connectivity index (χ1v) is 5.68. The summed E-state index contributed by atoms with van der Waals surface area (Å²) in [7, 11) is 0. The molecule has 0 radical (unpaired) electrons. The van der Waals surface area contributed by atoms with E-state index in [4.69, 9.17) is 0 Å². The van der Waals surface area contributed by atoms with Crippen molar-refractivity contribution < 1.29 is 4.39 Å². The third kappa shape index (κ3) is 2.47. The number of halogens is 1. The van der Waals surface area contributed by atoms with E-state index < -0.39 is 0 Å².